The highest BCUT2D eigenvalue weighted by molar-refractivity contribution is 5.29. The lowest BCUT2D eigenvalue weighted by Gasteiger charge is -2.16. The van der Waals surface area contributed by atoms with Crippen LogP contribution in [0.25, 0.3) is 0 Å². The Morgan fingerprint density at radius 2 is 1.79 bits per heavy atom. The molecule has 0 amide bonds. The third-order valence-electron chi connectivity index (χ3n) is 3.46. The first-order chi connectivity index (χ1) is 9.19. The van der Waals surface area contributed by atoms with Gasteiger partial charge < -0.3 is 10.2 Å². The minimum absolute atomic E-state index is 0.157. The van der Waals surface area contributed by atoms with Gasteiger partial charge in [-0.05, 0) is 54.5 Å². The summed E-state index contributed by atoms with van der Waals surface area (Å²) in [6.07, 6.45) is 1.64. The Balaban J connectivity index is 2.07. The van der Waals surface area contributed by atoms with Gasteiger partial charge in [0.1, 0.15) is 5.75 Å². The maximum atomic E-state index is 9.55. The van der Waals surface area contributed by atoms with Crippen molar-refractivity contribution in [1.82, 2.24) is 0 Å². The summed E-state index contributed by atoms with van der Waals surface area (Å²) in [4.78, 5) is 0. The van der Waals surface area contributed by atoms with Crippen molar-refractivity contribution in [2.45, 2.75) is 19.8 Å². The summed E-state index contributed by atoms with van der Waals surface area (Å²) in [6, 6.07) is 15.5. The lowest BCUT2D eigenvalue weighted by atomic mass is 9.91. The van der Waals surface area contributed by atoms with Crippen LogP contribution in [-0.4, -0.2) is 16.8 Å². The highest BCUT2D eigenvalue weighted by Gasteiger charge is 2.11. The Hall–Kier alpha value is -1.80. The third-order valence-corrected chi connectivity index (χ3v) is 3.46. The Morgan fingerprint density at radius 1 is 1.00 bits per heavy atom. The van der Waals surface area contributed by atoms with Crippen LogP contribution in [0, 0.1) is 12.8 Å². The van der Waals surface area contributed by atoms with Crippen LogP contribution in [-0.2, 0) is 12.8 Å². The number of benzene rings is 2. The lowest BCUT2D eigenvalue weighted by molar-refractivity contribution is 0.225. The van der Waals surface area contributed by atoms with Crippen molar-refractivity contribution in [3.63, 3.8) is 0 Å². The summed E-state index contributed by atoms with van der Waals surface area (Å²) >= 11 is 0. The molecule has 0 bridgehead atoms. The predicted molar refractivity (Wildman–Crippen MR) is 77.3 cm³/mol. The number of aliphatic hydroxyl groups is 1. The van der Waals surface area contributed by atoms with Gasteiger partial charge in [0, 0.05) is 6.61 Å². The molecular formula is C17H20O2. The van der Waals surface area contributed by atoms with E-state index in [0.717, 1.165) is 18.4 Å². The zero-order valence-electron chi connectivity index (χ0n) is 11.2. The van der Waals surface area contributed by atoms with Crippen LogP contribution in [0.3, 0.4) is 0 Å². The minimum Gasteiger partial charge on any atom is -0.508 e. The van der Waals surface area contributed by atoms with Gasteiger partial charge >= 0.3 is 0 Å². The van der Waals surface area contributed by atoms with Gasteiger partial charge in [0.2, 0.25) is 0 Å². The molecule has 0 aromatic heterocycles. The van der Waals surface area contributed by atoms with Crippen LogP contribution in [0.4, 0.5) is 0 Å². The molecule has 0 spiro atoms. The molecule has 0 aliphatic carbocycles. The molecule has 0 heterocycles. The van der Waals surface area contributed by atoms with Gasteiger partial charge in [0.05, 0.1) is 0 Å². The van der Waals surface area contributed by atoms with Gasteiger partial charge in [0.15, 0.2) is 0 Å². The lowest BCUT2D eigenvalue weighted by Crippen LogP contribution is -2.13. The minimum atomic E-state index is 0.157. The van der Waals surface area contributed by atoms with Gasteiger partial charge in [-0.25, -0.2) is 0 Å². The third kappa shape index (κ3) is 3.83. The highest BCUT2D eigenvalue weighted by Crippen LogP contribution is 2.19. The summed E-state index contributed by atoms with van der Waals surface area (Å²) in [5.41, 5.74) is 3.60. The summed E-state index contributed by atoms with van der Waals surface area (Å²) in [7, 11) is 0. The molecule has 100 valence electrons. The molecule has 2 rings (SSSR count). The molecule has 2 aromatic rings. The van der Waals surface area contributed by atoms with E-state index in [-0.39, 0.29) is 18.3 Å². The van der Waals surface area contributed by atoms with Gasteiger partial charge in [-0.3, -0.25) is 0 Å². The normalized spacial score (nSPS) is 12.3. The fourth-order valence-electron chi connectivity index (χ4n) is 2.37. The monoisotopic (exact) mass is 256 g/mol. The van der Waals surface area contributed by atoms with Crippen LogP contribution in [0.1, 0.15) is 16.7 Å². The van der Waals surface area contributed by atoms with Crippen molar-refractivity contribution in [2.24, 2.45) is 5.92 Å². The molecule has 0 saturated carbocycles. The highest BCUT2D eigenvalue weighted by atomic mass is 16.3. The molecule has 0 aliphatic rings. The number of hydrogen-bond donors (Lipinski definition) is 2. The van der Waals surface area contributed by atoms with Crippen molar-refractivity contribution in [2.75, 3.05) is 6.61 Å². The number of hydrogen-bond acceptors (Lipinski definition) is 2. The van der Waals surface area contributed by atoms with E-state index in [0.29, 0.717) is 0 Å². The molecule has 2 aromatic carbocycles. The van der Waals surface area contributed by atoms with Crippen LogP contribution >= 0.6 is 0 Å². The number of phenolic OH excluding ortho intramolecular Hbond substituents is 1. The summed E-state index contributed by atoms with van der Waals surface area (Å²) in [5.74, 6) is 0.466. The van der Waals surface area contributed by atoms with Gasteiger partial charge in [-0.1, -0.05) is 36.4 Å². The van der Waals surface area contributed by atoms with E-state index in [1.807, 2.05) is 24.3 Å². The van der Waals surface area contributed by atoms with Crippen LogP contribution in [0.15, 0.2) is 48.5 Å². The van der Waals surface area contributed by atoms with Crippen molar-refractivity contribution in [1.29, 1.82) is 0 Å². The Morgan fingerprint density at radius 3 is 2.47 bits per heavy atom. The number of phenols is 1. The second-order valence-electron chi connectivity index (χ2n) is 5.05. The average molecular weight is 256 g/mol. The van der Waals surface area contributed by atoms with Gasteiger partial charge in [-0.15, -0.1) is 0 Å². The fourth-order valence-corrected chi connectivity index (χ4v) is 2.37. The molecule has 19 heavy (non-hydrogen) atoms. The number of aryl methyl sites for hydroxylation is 1. The predicted octanol–water partition coefficient (Wildman–Crippen LogP) is 3.09. The molecule has 2 heteroatoms. The number of rotatable bonds is 5. The molecule has 1 unspecified atom stereocenters. The van der Waals surface area contributed by atoms with Crippen molar-refractivity contribution in [3.05, 3.63) is 65.2 Å². The molecular weight excluding hydrogens is 236 g/mol. The van der Waals surface area contributed by atoms with Gasteiger partial charge in [0.25, 0.3) is 0 Å². The summed E-state index contributed by atoms with van der Waals surface area (Å²) in [6.45, 7) is 2.25. The van der Waals surface area contributed by atoms with Gasteiger partial charge in [-0.2, -0.15) is 0 Å². The maximum absolute atomic E-state index is 9.55. The quantitative estimate of drug-likeness (QED) is 0.863. The van der Waals surface area contributed by atoms with Crippen LogP contribution in [0.5, 0.6) is 5.75 Å². The first-order valence-electron chi connectivity index (χ1n) is 6.62. The van der Waals surface area contributed by atoms with E-state index in [2.05, 4.69) is 19.1 Å². The van der Waals surface area contributed by atoms with E-state index in [1.165, 1.54) is 11.1 Å². The number of aliphatic hydroxyl groups excluding tert-OH is 1. The van der Waals surface area contributed by atoms with Crippen molar-refractivity contribution in [3.8, 4) is 5.75 Å². The summed E-state index contributed by atoms with van der Waals surface area (Å²) < 4.78 is 0. The first-order valence-corrected chi connectivity index (χ1v) is 6.62. The van der Waals surface area contributed by atoms with Crippen molar-refractivity contribution < 1.29 is 10.2 Å². The molecule has 2 N–H and O–H groups in total. The molecule has 1 atom stereocenters. The largest absolute Gasteiger partial charge is 0.508 e. The standard InChI is InChI=1S/C17H20O2/c1-13-5-2-3-7-16(13)10-15(12-18)9-14-6-4-8-17(19)11-14/h2-8,11,15,18-19H,9-10,12H2,1H3. The Labute approximate surface area is 114 Å². The zero-order chi connectivity index (χ0) is 13.7. The average Bonchev–Trinajstić information content (AvgIpc) is 2.40. The molecule has 2 nitrogen and oxygen atoms in total. The topological polar surface area (TPSA) is 40.5 Å². The Bertz CT molecular complexity index is 534. The van der Waals surface area contributed by atoms with E-state index in [4.69, 9.17) is 0 Å². The molecule has 0 radical (unpaired) electrons. The van der Waals surface area contributed by atoms with E-state index in [9.17, 15) is 10.2 Å². The molecule has 0 aliphatic heterocycles. The molecule has 0 saturated heterocycles. The van der Waals surface area contributed by atoms with Crippen LogP contribution in [0.2, 0.25) is 0 Å². The summed E-state index contributed by atoms with van der Waals surface area (Å²) in [5, 5.41) is 19.0. The SMILES string of the molecule is Cc1ccccc1CC(CO)Cc1cccc(O)c1. The first kappa shape index (κ1) is 13.6. The molecule has 0 fully saturated rings. The smallest absolute Gasteiger partial charge is 0.115 e. The van der Waals surface area contributed by atoms with E-state index in [1.54, 1.807) is 12.1 Å². The second kappa shape index (κ2) is 6.39. The van der Waals surface area contributed by atoms with Crippen LogP contribution < -0.4 is 0 Å². The van der Waals surface area contributed by atoms with E-state index < -0.39 is 0 Å². The zero-order valence-corrected chi connectivity index (χ0v) is 11.2. The number of aromatic hydroxyl groups is 1. The van der Waals surface area contributed by atoms with E-state index >= 15 is 0 Å². The second-order valence-corrected chi connectivity index (χ2v) is 5.05. The maximum Gasteiger partial charge on any atom is 0.115 e. The Kier molecular flexibility index (Phi) is 4.58. The van der Waals surface area contributed by atoms with Crippen molar-refractivity contribution >= 4 is 0 Å². The fraction of sp³-hybridized carbons (Fsp3) is 0.294.